The van der Waals surface area contributed by atoms with Gasteiger partial charge in [0.1, 0.15) is 66.5 Å². The van der Waals surface area contributed by atoms with Crippen molar-refractivity contribution in [2.75, 3.05) is 62.4 Å². The van der Waals surface area contributed by atoms with E-state index in [0.717, 1.165) is 30.9 Å². The molecule has 480 valence electrons. The van der Waals surface area contributed by atoms with E-state index in [-0.39, 0.29) is 25.2 Å². The Hall–Kier alpha value is -7.96. The summed E-state index contributed by atoms with van der Waals surface area (Å²) in [6.45, 7) is 14.1. The Morgan fingerprint density at radius 3 is 1.41 bits per heavy atom. The largest absolute Gasteiger partial charge is 0.391 e. The van der Waals surface area contributed by atoms with Crippen molar-refractivity contribution in [2.24, 2.45) is 5.92 Å². The first-order chi connectivity index (χ1) is 40.7. The minimum Gasteiger partial charge on any atom is -0.391 e. The molecule has 0 radical (unpaired) electrons. The summed E-state index contributed by atoms with van der Waals surface area (Å²) in [5, 5.41) is 21.7. The van der Waals surface area contributed by atoms with Gasteiger partial charge in [-0.2, -0.15) is 0 Å². The van der Waals surface area contributed by atoms with E-state index in [1.807, 2.05) is 13.8 Å². The molecule has 0 aliphatic carbocycles. The first kappa shape index (κ1) is 71.5. The Kier molecular flexibility index (Phi) is 26.4. The third-order valence-electron chi connectivity index (χ3n) is 17.1. The van der Waals surface area contributed by atoms with E-state index in [1.165, 1.54) is 108 Å². The molecule has 12 amide bonds. The highest BCUT2D eigenvalue weighted by Gasteiger charge is 2.42. The highest BCUT2D eigenvalue weighted by atomic mass is 16.3. The predicted octanol–water partition coefficient (Wildman–Crippen LogP) is 0.162. The third kappa shape index (κ3) is 18.5. The standard InChI is InChI=1S/C62H94N12O13/c1-36(2)32-48-55(80)65-47(60(85)74-30-24-19-25-31-74)35-50(76)67(10)41(7)57(82)73(16)49(34-45-28-22-18-23-29-45)61(86)69(12)40(6)54(79)66-51(43(9)75)62(87)70(13)39(5)53(78)64-46(33-44-26-20-17-21-27-44)59(84)68(11)38(4)52(77)63-37(3)56(81)71(14)42(8)58(83)72(48)15/h17-18,20-23,26-29,36-43,46-49,51,75H,19,24-25,30-35H2,1-16H3,(H,63,77)(H,64,78)(H,65,80)(H,66,79)/t37-,38-,39-,40-,41-,42-,43+,46-,47-,48-,49-,51-/m0/s1. The quantitative estimate of drug-likeness (QED) is 0.236. The average Bonchev–Trinajstić information content (AvgIpc) is 2.53. The molecular formula is C62H94N12O13. The topological polar surface area (TPSA) is 299 Å². The first-order valence-corrected chi connectivity index (χ1v) is 29.8. The lowest BCUT2D eigenvalue weighted by Crippen LogP contribution is -2.62. The lowest BCUT2D eigenvalue weighted by atomic mass is 10.00. The van der Waals surface area contributed by atoms with Crippen LogP contribution in [0.5, 0.6) is 0 Å². The van der Waals surface area contributed by atoms with Gasteiger partial charge in [-0.1, -0.05) is 74.5 Å². The van der Waals surface area contributed by atoms with Crippen molar-refractivity contribution in [3.05, 3.63) is 71.8 Å². The zero-order valence-corrected chi connectivity index (χ0v) is 53.6. The van der Waals surface area contributed by atoms with Crippen LogP contribution < -0.4 is 21.3 Å². The maximum Gasteiger partial charge on any atom is 0.248 e. The lowest BCUT2D eigenvalue weighted by Gasteiger charge is -2.37. The van der Waals surface area contributed by atoms with Crippen molar-refractivity contribution in [1.29, 1.82) is 0 Å². The SMILES string of the molecule is CC(C)C[C@H]1C(=O)N[C@H](C(=O)N2CCCCC2)CC(=O)N(C)[C@@H](C)C(=O)N(C)[C@@H](Cc2ccccc2)C(=O)N(C)[C@@H](C)C(=O)N[C@@H]([C@@H](C)O)C(=O)N(C)[C@@H](C)C(=O)N[C@@H](Cc2ccccc2)C(=O)N(C)[C@@H](C)C(=O)N[C@@H](C)C(=O)N(C)[C@@H](C)C(=O)N1C. The second kappa shape index (κ2) is 32.1. The van der Waals surface area contributed by atoms with Crippen LogP contribution in [0.25, 0.3) is 0 Å². The number of rotatable bonds is 8. The fourth-order valence-corrected chi connectivity index (χ4v) is 10.4. The Labute approximate surface area is 512 Å². The molecule has 25 heteroatoms. The van der Waals surface area contributed by atoms with Gasteiger partial charge in [-0.15, -0.1) is 0 Å². The normalized spacial score (nSPS) is 27.7. The average molecular weight is 1220 g/mol. The number of hydrogen-bond acceptors (Lipinski definition) is 13. The summed E-state index contributed by atoms with van der Waals surface area (Å²) in [6, 6.07) is 2.85. The summed E-state index contributed by atoms with van der Waals surface area (Å²) in [4.78, 5) is 182. The highest BCUT2D eigenvalue weighted by Crippen LogP contribution is 2.20. The van der Waals surface area contributed by atoms with Gasteiger partial charge in [0.05, 0.1) is 12.5 Å². The van der Waals surface area contributed by atoms with Crippen molar-refractivity contribution < 1.29 is 62.6 Å². The number of nitrogens with zero attached hydrogens (tertiary/aromatic N) is 8. The van der Waals surface area contributed by atoms with Crippen molar-refractivity contribution in [1.82, 2.24) is 60.5 Å². The minimum absolute atomic E-state index is 0.0512. The summed E-state index contributed by atoms with van der Waals surface area (Å²) in [5.74, 6) is -9.07. The monoisotopic (exact) mass is 1210 g/mol. The Balaban J connectivity index is 1.82. The first-order valence-electron chi connectivity index (χ1n) is 29.8. The molecule has 5 N–H and O–H groups in total. The van der Waals surface area contributed by atoms with Gasteiger partial charge in [0.25, 0.3) is 0 Å². The molecule has 0 saturated carbocycles. The minimum atomic E-state index is -1.67. The molecule has 0 aromatic heterocycles. The number of carbonyl (C=O) groups is 12. The number of likely N-dealkylation sites (N-methyl/N-ethyl adjacent to an activating group) is 7. The van der Waals surface area contributed by atoms with Crippen molar-refractivity contribution >= 4 is 70.9 Å². The fraction of sp³-hybridized carbons (Fsp3) is 0.613. The zero-order chi connectivity index (χ0) is 65.5. The molecule has 25 nitrogen and oxygen atoms in total. The van der Waals surface area contributed by atoms with E-state index in [0.29, 0.717) is 37.1 Å². The molecule has 2 aliphatic rings. The van der Waals surface area contributed by atoms with Crippen LogP contribution in [0.2, 0.25) is 0 Å². The van der Waals surface area contributed by atoms with Gasteiger partial charge in [-0.3, -0.25) is 57.5 Å². The van der Waals surface area contributed by atoms with Crippen LogP contribution in [0, 0.1) is 5.92 Å². The molecule has 2 aliphatic heterocycles. The Morgan fingerprint density at radius 2 is 0.908 bits per heavy atom. The van der Waals surface area contributed by atoms with E-state index in [9.17, 15) is 62.6 Å². The number of amides is 12. The molecule has 0 unspecified atom stereocenters. The summed E-state index contributed by atoms with van der Waals surface area (Å²) in [6.07, 6.45) is 0.0784. The number of hydrogen-bond donors (Lipinski definition) is 5. The van der Waals surface area contributed by atoms with Crippen LogP contribution >= 0.6 is 0 Å². The van der Waals surface area contributed by atoms with E-state index in [1.54, 1.807) is 65.6 Å². The van der Waals surface area contributed by atoms with Crippen LogP contribution in [0.3, 0.4) is 0 Å². The van der Waals surface area contributed by atoms with Gasteiger partial charge in [-0.05, 0) is 91.2 Å². The number of carbonyl (C=O) groups excluding carboxylic acids is 12. The Bertz CT molecular complexity index is 2780. The van der Waals surface area contributed by atoms with Crippen LogP contribution in [0.4, 0.5) is 0 Å². The van der Waals surface area contributed by atoms with Crippen LogP contribution in [0.15, 0.2) is 60.7 Å². The smallest absolute Gasteiger partial charge is 0.248 e. The number of piperidine rings is 1. The molecule has 2 aromatic rings. The molecular weight excluding hydrogens is 1120 g/mol. The second-order valence-corrected chi connectivity index (χ2v) is 23.8. The maximum absolute atomic E-state index is 14.8. The van der Waals surface area contributed by atoms with E-state index in [4.69, 9.17) is 0 Å². The summed E-state index contributed by atoms with van der Waals surface area (Å²) < 4.78 is 0. The zero-order valence-electron chi connectivity index (χ0n) is 53.6. The van der Waals surface area contributed by atoms with Gasteiger partial charge in [0.15, 0.2) is 0 Å². The number of aliphatic hydroxyl groups excluding tert-OH is 1. The molecule has 12 atom stereocenters. The Morgan fingerprint density at radius 1 is 0.471 bits per heavy atom. The number of benzene rings is 2. The molecule has 2 saturated heterocycles. The van der Waals surface area contributed by atoms with Crippen molar-refractivity contribution in [2.45, 2.75) is 180 Å². The van der Waals surface area contributed by atoms with Crippen LogP contribution in [-0.2, 0) is 70.4 Å². The molecule has 87 heavy (non-hydrogen) atoms. The molecule has 2 aromatic carbocycles. The lowest BCUT2D eigenvalue weighted by molar-refractivity contribution is -0.152. The summed E-state index contributed by atoms with van der Waals surface area (Å²) >= 11 is 0. The van der Waals surface area contributed by atoms with Gasteiger partial charge < -0.3 is 65.6 Å². The molecule has 4 rings (SSSR count). The molecule has 0 spiro atoms. The fourth-order valence-electron chi connectivity index (χ4n) is 10.4. The third-order valence-corrected chi connectivity index (χ3v) is 17.1. The predicted molar refractivity (Wildman–Crippen MR) is 324 cm³/mol. The van der Waals surface area contributed by atoms with Crippen LogP contribution in [-0.4, -0.2) is 250 Å². The number of nitrogens with one attached hydrogen (secondary N) is 4. The molecule has 2 heterocycles. The molecule has 2 fully saturated rings. The van der Waals surface area contributed by atoms with E-state index < -0.39 is 150 Å². The summed E-state index contributed by atoms with van der Waals surface area (Å²) in [7, 11) is 9.44. The number of aliphatic hydroxyl groups is 1. The number of likely N-dealkylation sites (tertiary alicyclic amines) is 1. The second-order valence-electron chi connectivity index (χ2n) is 23.8. The van der Waals surface area contributed by atoms with Crippen LogP contribution in [0.1, 0.15) is 106 Å². The highest BCUT2D eigenvalue weighted by molar-refractivity contribution is 6.00. The summed E-state index contributed by atoms with van der Waals surface area (Å²) in [5.41, 5.74) is 1.27. The van der Waals surface area contributed by atoms with E-state index in [2.05, 4.69) is 21.3 Å². The van der Waals surface area contributed by atoms with Gasteiger partial charge in [-0.25, -0.2) is 0 Å². The van der Waals surface area contributed by atoms with Crippen molar-refractivity contribution in [3.8, 4) is 0 Å². The van der Waals surface area contributed by atoms with Crippen molar-refractivity contribution in [3.63, 3.8) is 0 Å². The van der Waals surface area contributed by atoms with Gasteiger partial charge >= 0.3 is 0 Å². The van der Waals surface area contributed by atoms with E-state index >= 15 is 0 Å². The van der Waals surface area contributed by atoms with Gasteiger partial charge in [0, 0.05) is 75.3 Å². The maximum atomic E-state index is 14.8. The molecule has 0 bridgehead atoms. The van der Waals surface area contributed by atoms with Gasteiger partial charge in [0.2, 0.25) is 70.9 Å².